The molecule has 4 rings (SSSR count). The standard InChI is InChI=1S/C25H22ClFO4/c1-2-29-20-10-6-18(7-11-20)25(15-23(25)26)24(28)30-16-17-4-3-5-22(14-17)31-21-12-8-19(27)9-13-21/h3-14,23H,2,15-16H2,1H3/t23-,25-/m0/s1. The highest BCUT2D eigenvalue weighted by molar-refractivity contribution is 6.27. The van der Waals surface area contributed by atoms with Crippen LogP contribution in [0.4, 0.5) is 4.39 Å². The molecule has 0 unspecified atom stereocenters. The van der Waals surface area contributed by atoms with Gasteiger partial charge in [-0.25, -0.2) is 4.39 Å². The van der Waals surface area contributed by atoms with Crippen LogP contribution in [0.3, 0.4) is 0 Å². The Morgan fingerprint density at radius 1 is 1.03 bits per heavy atom. The molecular formula is C25H22ClFO4. The third kappa shape index (κ3) is 4.67. The number of rotatable bonds is 8. The summed E-state index contributed by atoms with van der Waals surface area (Å²) in [6.45, 7) is 2.60. The summed E-state index contributed by atoms with van der Waals surface area (Å²) in [5, 5.41) is -0.300. The summed E-state index contributed by atoms with van der Waals surface area (Å²) in [6.07, 6.45) is 0.537. The minimum atomic E-state index is -0.825. The van der Waals surface area contributed by atoms with Crippen molar-refractivity contribution in [3.05, 3.63) is 89.7 Å². The highest BCUT2D eigenvalue weighted by Crippen LogP contribution is 2.53. The van der Waals surface area contributed by atoms with Crippen molar-refractivity contribution in [2.45, 2.75) is 30.7 Å². The molecule has 0 aromatic heterocycles. The molecule has 160 valence electrons. The van der Waals surface area contributed by atoms with Crippen LogP contribution in [0, 0.1) is 5.82 Å². The van der Waals surface area contributed by atoms with Crippen molar-refractivity contribution in [1.82, 2.24) is 0 Å². The summed E-state index contributed by atoms with van der Waals surface area (Å²) in [6, 6.07) is 20.4. The molecule has 0 N–H and O–H groups in total. The van der Waals surface area contributed by atoms with E-state index in [1.807, 2.05) is 43.3 Å². The van der Waals surface area contributed by atoms with Crippen LogP contribution in [-0.2, 0) is 21.6 Å². The number of carbonyl (C=O) groups is 1. The summed E-state index contributed by atoms with van der Waals surface area (Å²) in [5.74, 6) is 1.17. The van der Waals surface area contributed by atoms with Crippen molar-refractivity contribution in [2.24, 2.45) is 0 Å². The largest absolute Gasteiger partial charge is 0.494 e. The van der Waals surface area contributed by atoms with Crippen LogP contribution in [0.15, 0.2) is 72.8 Å². The van der Waals surface area contributed by atoms with Crippen LogP contribution in [0.2, 0.25) is 0 Å². The number of carbonyl (C=O) groups excluding carboxylic acids is 1. The second kappa shape index (κ2) is 8.98. The van der Waals surface area contributed by atoms with Crippen LogP contribution >= 0.6 is 11.6 Å². The highest BCUT2D eigenvalue weighted by Gasteiger charge is 2.62. The highest BCUT2D eigenvalue weighted by atomic mass is 35.5. The third-order valence-electron chi connectivity index (χ3n) is 5.24. The van der Waals surface area contributed by atoms with E-state index in [1.165, 1.54) is 12.1 Å². The Hall–Kier alpha value is -3.05. The van der Waals surface area contributed by atoms with Gasteiger partial charge in [-0.2, -0.15) is 0 Å². The van der Waals surface area contributed by atoms with Gasteiger partial charge >= 0.3 is 5.97 Å². The smallest absolute Gasteiger partial charge is 0.318 e. The summed E-state index contributed by atoms with van der Waals surface area (Å²) in [7, 11) is 0. The number of benzene rings is 3. The van der Waals surface area contributed by atoms with Gasteiger partial charge in [0, 0.05) is 0 Å². The van der Waals surface area contributed by atoms with E-state index in [1.54, 1.807) is 24.3 Å². The van der Waals surface area contributed by atoms with Gasteiger partial charge in [0.15, 0.2) is 0 Å². The molecule has 0 spiro atoms. The zero-order valence-corrected chi connectivity index (χ0v) is 17.8. The normalized spacial score (nSPS) is 19.5. The van der Waals surface area contributed by atoms with E-state index in [9.17, 15) is 9.18 Å². The lowest BCUT2D eigenvalue weighted by Crippen LogP contribution is -2.26. The Morgan fingerprint density at radius 3 is 2.35 bits per heavy atom. The first-order valence-corrected chi connectivity index (χ1v) is 10.5. The van der Waals surface area contributed by atoms with Crippen LogP contribution < -0.4 is 9.47 Å². The van der Waals surface area contributed by atoms with Gasteiger partial charge in [0.2, 0.25) is 0 Å². The molecule has 0 aliphatic heterocycles. The molecule has 1 aliphatic carbocycles. The number of halogens is 2. The van der Waals surface area contributed by atoms with Gasteiger partial charge in [0.1, 0.15) is 35.1 Å². The first-order chi connectivity index (χ1) is 15.0. The predicted molar refractivity (Wildman–Crippen MR) is 116 cm³/mol. The molecule has 6 heteroatoms. The van der Waals surface area contributed by atoms with Gasteiger partial charge in [-0.15, -0.1) is 11.6 Å². The molecule has 0 bridgehead atoms. The molecule has 1 aliphatic rings. The van der Waals surface area contributed by atoms with E-state index < -0.39 is 5.41 Å². The summed E-state index contributed by atoms with van der Waals surface area (Å²) in [5.41, 5.74) is 0.782. The number of hydrogen-bond donors (Lipinski definition) is 0. The van der Waals surface area contributed by atoms with Crippen LogP contribution in [0.1, 0.15) is 24.5 Å². The molecule has 1 saturated carbocycles. The lowest BCUT2D eigenvalue weighted by atomic mass is 9.96. The molecule has 0 radical (unpaired) electrons. The zero-order valence-electron chi connectivity index (χ0n) is 17.0. The Morgan fingerprint density at radius 2 is 1.71 bits per heavy atom. The lowest BCUT2D eigenvalue weighted by Gasteiger charge is -2.16. The molecule has 2 atom stereocenters. The minimum Gasteiger partial charge on any atom is -0.494 e. The average Bonchev–Trinajstić information content (AvgIpc) is 3.47. The van der Waals surface area contributed by atoms with Crippen molar-refractivity contribution in [3.63, 3.8) is 0 Å². The van der Waals surface area contributed by atoms with Crippen molar-refractivity contribution in [2.75, 3.05) is 6.61 Å². The van der Waals surface area contributed by atoms with Crippen molar-refractivity contribution < 1.29 is 23.4 Å². The first-order valence-electron chi connectivity index (χ1n) is 10.1. The summed E-state index contributed by atoms with van der Waals surface area (Å²) >= 11 is 6.37. The summed E-state index contributed by atoms with van der Waals surface area (Å²) < 4.78 is 29.9. The summed E-state index contributed by atoms with van der Waals surface area (Å²) in [4.78, 5) is 12.9. The Bertz CT molecular complexity index is 1050. The van der Waals surface area contributed by atoms with Gasteiger partial charge < -0.3 is 14.2 Å². The van der Waals surface area contributed by atoms with Crippen molar-refractivity contribution in [1.29, 1.82) is 0 Å². The van der Waals surface area contributed by atoms with Crippen LogP contribution in [0.25, 0.3) is 0 Å². The molecule has 0 saturated heterocycles. The van der Waals surface area contributed by atoms with Crippen molar-refractivity contribution in [3.8, 4) is 17.2 Å². The molecule has 0 heterocycles. The van der Waals surface area contributed by atoms with Crippen LogP contribution in [-0.4, -0.2) is 18.0 Å². The Balaban J connectivity index is 1.41. The number of alkyl halides is 1. The Labute approximate surface area is 185 Å². The van der Waals surface area contributed by atoms with E-state index >= 15 is 0 Å². The average molecular weight is 441 g/mol. The maximum Gasteiger partial charge on any atom is 0.318 e. The maximum absolute atomic E-state index is 13.1. The van der Waals surface area contributed by atoms with Gasteiger partial charge in [-0.05, 0) is 73.0 Å². The zero-order chi connectivity index (χ0) is 21.8. The molecule has 3 aromatic rings. The maximum atomic E-state index is 13.1. The van der Waals surface area contributed by atoms with Crippen molar-refractivity contribution >= 4 is 17.6 Å². The SMILES string of the molecule is CCOc1ccc([C@@]2(C(=O)OCc3cccc(Oc4ccc(F)cc4)c3)C[C@@H]2Cl)cc1. The molecular weight excluding hydrogens is 419 g/mol. The van der Waals surface area contributed by atoms with Gasteiger partial charge in [-0.3, -0.25) is 4.79 Å². The molecule has 1 fully saturated rings. The van der Waals surface area contributed by atoms with Gasteiger partial charge in [0.05, 0.1) is 12.0 Å². The quantitative estimate of drug-likeness (QED) is 0.318. The third-order valence-corrected chi connectivity index (χ3v) is 5.77. The Kier molecular flexibility index (Phi) is 6.14. The molecule has 4 nitrogen and oxygen atoms in total. The monoisotopic (exact) mass is 440 g/mol. The fraction of sp³-hybridized carbons (Fsp3) is 0.240. The van der Waals surface area contributed by atoms with E-state index in [0.29, 0.717) is 24.5 Å². The van der Waals surface area contributed by atoms with Gasteiger partial charge in [-0.1, -0.05) is 24.3 Å². The van der Waals surface area contributed by atoms with Gasteiger partial charge in [0.25, 0.3) is 0 Å². The molecule has 31 heavy (non-hydrogen) atoms. The number of ether oxygens (including phenoxy) is 3. The second-order valence-corrected chi connectivity index (χ2v) is 7.91. The van der Waals surface area contributed by atoms with Crippen LogP contribution in [0.5, 0.6) is 17.2 Å². The predicted octanol–water partition coefficient (Wildman–Crippen LogP) is 6.01. The van der Waals surface area contributed by atoms with E-state index in [2.05, 4.69) is 0 Å². The van der Waals surface area contributed by atoms with E-state index in [-0.39, 0.29) is 23.8 Å². The minimum absolute atomic E-state index is 0.0990. The molecule has 0 amide bonds. The lowest BCUT2D eigenvalue weighted by molar-refractivity contribution is -0.148. The van der Waals surface area contributed by atoms with E-state index in [0.717, 1.165) is 16.9 Å². The fourth-order valence-corrected chi connectivity index (χ4v) is 3.94. The fourth-order valence-electron chi connectivity index (χ4n) is 3.48. The topological polar surface area (TPSA) is 44.8 Å². The molecule has 3 aromatic carbocycles. The number of hydrogen-bond acceptors (Lipinski definition) is 4. The second-order valence-electron chi connectivity index (χ2n) is 7.38. The first kappa shape index (κ1) is 21.2. The van der Waals surface area contributed by atoms with E-state index in [4.69, 9.17) is 25.8 Å². The number of esters is 1.